The van der Waals surface area contributed by atoms with Crippen LogP contribution >= 0.6 is 0 Å². The Balaban J connectivity index is 0.000000141. The Kier molecular flexibility index (Phi) is 8.73. The maximum atomic E-state index is 9.77. The lowest BCUT2D eigenvalue weighted by molar-refractivity contribution is 0.198. The van der Waals surface area contributed by atoms with E-state index < -0.39 is 0 Å². The summed E-state index contributed by atoms with van der Waals surface area (Å²) in [6.45, 7) is 6.78. The van der Waals surface area contributed by atoms with E-state index in [9.17, 15) is 5.11 Å². The number of pyridine rings is 4. The summed E-state index contributed by atoms with van der Waals surface area (Å²) in [5.41, 5.74) is 7.46. The Morgan fingerprint density at radius 3 is 1.66 bits per heavy atom. The number of β-amino-alcohol motifs (C(OH)–C–C–N with tert-alkyl or cyclic N) is 1. The van der Waals surface area contributed by atoms with Crippen LogP contribution < -0.4 is 9.80 Å². The zero-order chi connectivity index (χ0) is 35.7. The molecule has 0 saturated carbocycles. The number of likely N-dealkylation sites (N-methyl/N-ethyl adjacent to an activating group) is 1. The minimum Gasteiger partial charge on any atom is -0.391 e. The van der Waals surface area contributed by atoms with Gasteiger partial charge in [-0.25, -0.2) is 19.3 Å². The van der Waals surface area contributed by atoms with Crippen LogP contribution in [0.4, 0.5) is 11.6 Å². The molecule has 6 aromatic heterocycles. The fourth-order valence-electron chi connectivity index (χ4n) is 7.03. The zero-order valence-electron chi connectivity index (χ0n) is 29.4. The first-order chi connectivity index (χ1) is 26.0. The summed E-state index contributed by atoms with van der Waals surface area (Å²) in [6.07, 6.45) is 4.12. The van der Waals surface area contributed by atoms with Gasteiger partial charge in [0.1, 0.15) is 22.7 Å². The minimum absolute atomic E-state index is 0.276. The third kappa shape index (κ3) is 6.93. The summed E-state index contributed by atoms with van der Waals surface area (Å²) >= 11 is 0. The molecule has 8 heterocycles. The molecule has 2 aromatic carbocycles. The van der Waals surface area contributed by atoms with Crippen molar-refractivity contribution < 1.29 is 5.11 Å². The van der Waals surface area contributed by atoms with E-state index in [1.165, 1.54) is 0 Å². The number of anilines is 2. The molecular weight excluding hydrogens is 667 g/mol. The number of aliphatic hydroxyl groups excluding tert-OH is 1. The van der Waals surface area contributed by atoms with Gasteiger partial charge in [-0.2, -0.15) is 0 Å². The predicted octanol–water partition coefficient (Wildman–Crippen LogP) is 4.17. The van der Waals surface area contributed by atoms with Crippen molar-refractivity contribution in [2.45, 2.75) is 25.6 Å². The molecule has 53 heavy (non-hydrogen) atoms. The first kappa shape index (κ1) is 32.8. The van der Waals surface area contributed by atoms with E-state index in [1.54, 1.807) is 6.20 Å². The molecule has 2 saturated heterocycles. The molecule has 266 valence electrons. The molecule has 0 bridgehead atoms. The van der Waals surface area contributed by atoms with Gasteiger partial charge in [-0.1, -0.05) is 34.7 Å². The smallest absolute Gasteiger partial charge is 0.180 e. The number of piperazine rings is 1. The summed E-state index contributed by atoms with van der Waals surface area (Å²) in [6, 6.07) is 28.5. The molecule has 1 N–H and O–H groups in total. The van der Waals surface area contributed by atoms with Crippen LogP contribution in [0, 0.1) is 0 Å². The monoisotopic (exact) mass is 705 g/mol. The van der Waals surface area contributed by atoms with E-state index in [-0.39, 0.29) is 6.10 Å². The van der Waals surface area contributed by atoms with Crippen molar-refractivity contribution in [1.82, 2.24) is 54.8 Å². The van der Waals surface area contributed by atoms with Gasteiger partial charge >= 0.3 is 0 Å². The first-order valence-electron chi connectivity index (χ1n) is 18.0. The van der Waals surface area contributed by atoms with Crippen LogP contribution in [0.1, 0.15) is 17.5 Å². The zero-order valence-corrected chi connectivity index (χ0v) is 29.4. The van der Waals surface area contributed by atoms with Crippen molar-refractivity contribution >= 4 is 55.8 Å². The maximum absolute atomic E-state index is 9.77. The average Bonchev–Trinajstić information content (AvgIpc) is 3.93. The molecule has 14 nitrogen and oxygen atoms in total. The van der Waals surface area contributed by atoms with E-state index in [0.29, 0.717) is 19.6 Å². The van der Waals surface area contributed by atoms with E-state index >= 15 is 0 Å². The number of nitrogens with zero attached hydrogens (tertiary/aromatic N) is 13. The topological polar surface area (TPSA) is 143 Å². The van der Waals surface area contributed by atoms with Gasteiger partial charge in [0.25, 0.3) is 0 Å². The van der Waals surface area contributed by atoms with Gasteiger partial charge in [-0.15, -0.1) is 10.2 Å². The second kappa shape index (κ2) is 14.1. The Labute approximate surface area is 305 Å². The summed E-state index contributed by atoms with van der Waals surface area (Å²) in [7, 11) is 2.16. The standard InChI is InChI=1S/C20H21N7.C19H18N6O/c1-25-9-11-26(12-10-25)19-7-6-18-20(22-19)27(24-23-18)14-15-4-5-17-16(13-15)3-2-8-21-17;26-15-7-9-24(12-15)18-6-5-17-19(21-18)25(23-22-17)11-13-3-4-16-14(10-13)2-1-8-20-16/h2-8,13H,9-12,14H2,1H3;1-6,8,10,15,26H,7,9,11-12H2/t;15-/m.1/s1. The quantitative estimate of drug-likeness (QED) is 0.265. The van der Waals surface area contributed by atoms with Crippen molar-refractivity contribution in [3.63, 3.8) is 0 Å². The molecule has 2 aliphatic rings. The number of aliphatic hydroxyl groups is 1. The Morgan fingerprint density at radius 1 is 0.604 bits per heavy atom. The molecule has 0 aliphatic carbocycles. The van der Waals surface area contributed by atoms with Crippen LogP contribution in [-0.4, -0.2) is 112 Å². The third-order valence-corrected chi connectivity index (χ3v) is 10.0. The van der Waals surface area contributed by atoms with Crippen molar-refractivity contribution in [1.29, 1.82) is 0 Å². The van der Waals surface area contributed by atoms with Crippen molar-refractivity contribution in [3.8, 4) is 0 Å². The summed E-state index contributed by atoms with van der Waals surface area (Å²) in [5, 5.41) is 29.1. The molecular formula is C39H39N13O. The third-order valence-electron chi connectivity index (χ3n) is 10.0. The molecule has 0 spiro atoms. The van der Waals surface area contributed by atoms with Gasteiger partial charge in [0.05, 0.1) is 30.2 Å². The maximum Gasteiger partial charge on any atom is 0.180 e. The lowest BCUT2D eigenvalue weighted by Crippen LogP contribution is -2.44. The van der Waals surface area contributed by atoms with Crippen molar-refractivity contribution in [2.75, 3.05) is 56.1 Å². The van der Waals surface area contributed by atoms with Crippen molar-refractivity contribution in [2.24, 2.45) is 0 Å². The number of benzene rings is 2. The number of hydrogen-bond donors (Lipinski definition) is 1. The highest BCUT2D eigenvalue weighted by molar-refractivity contribution is 5.80. The lowest BCUT2D eigenvalue weighted by atomic mass is 10.1. The average molecular weight is 706 g/mol. The molecule has 1 atom stereocenters. The second-order valence-electron chi connectivity index (χ2n) is 13.8. The number of fused-ring (bicyclic) bond motifs is 4. The van der Waals surface area contributed by atoms with Gasteiger partial charge in [-0.3, -0.25) is 9.97 Å². The van der Waals surface area contributed by atoms with Crippen LogP contribution in [0.15, 0.2) is 97.3 Å². The molecule has 0 radical (unpaired) electrons. The number of rotatable bonds is 6. The van der Waals surface area contributed by atoms with Gasteiger partial charge in [0, 0.05) is 62.4 Å². The second-order valence-corrected chi connectivity index (χ2v) is 13.8. The van der Waals surface area contributed by atoms with E-state index in [2.05, 4.69) is 88.7 Å². The predicted molar refractivity (Wildman–Crippen MR) is 205 cm³/mol. The van der Waals surface area contributed by atoms with Gasteiger partial charge in [0.15, 0.2) is 11.3 Å². The van der Waals surface area contributed by atoms with Gasteiger partial charge < -0.3 is 19.8 Å². The number of hydrogen-bond acceptors (Lipinski definition) is 12. The Morgan fingerprint density at radius 2 is 1.13 bits per heavy atom. The molecule has 2 fully saturated rings. The minimum atomic E-state index is -0.276. The molecule has 0 unspecified atom stereocenters. The summed E-state index contributed by atoms with van der Waals surface area (Å²) in [4.78, 5) is 25.1. The van der Waals surface area contributed by atoms with Crippen LogP contribution in [0.2, 0.25) is 0 Å². The van der Waals surface area contributed by atoms with E-state index in [4.69, 9.17) is 9.97 Å². The van der Waals surface area contributed by atoms with Crippen LogP contribution in [-0.2, 0) is 13.1 Å². The Bertz CT molecular complexity index is 2540. The lowest BCUT2D eigenvalue weighted by Gasteiger charge is -2.33. The molecule has 10 rings (SSSR count). The van der Waals surface area contributed by atoms with Crippen LogP contribution in [0.3, 0.4) is 0 Å². The highest BCUT2D eigenvalue weighted by Crippen LogP contribution is 2.23. The number of aromatic nitrogens is 10. The SMILES string of the molecule is CN1CCN(c2ccc3nnn(Cc4ccc5ncccc5c4)c3n2)CC1.O[C@@H]1CCN(c2ccc3nnn(Cc4ccc5ncccc5c4)c3n2)C1. The summed E-state index contributed by atoms with van der Waals surface area (Å²) < 4.78 is 3.70. The van der Waals surface area contributed by atoms with Gasteiger partial charge in [-0.05, 0) is 85.3 Å². The molecule has 2 aliphatic heterocycles. The molecule has 0 amide bonds. The van der Waals surface area contributed by atoms with Gasteiger partial charge in [0.2, 0.25) is 0 Å². The Hall–Kier alpha value is -6.12. The molecule has 8 aromatic rings. The highest BCUT2D eigenvalue weighted by Gasteiger charge is 2.22. The fraction of sp³-hybridized carbons (Fsp3) is 0.282. The van der Waals surface area contributed by atoms with E-state index in [1.807, 2.05) is 64.1 Å². The highest BCUT2D eigenvalue weighted by atomic mass is 16.3. The van der Waals surface area contributed by atoms with Crippen molar-refractivity contribution in [3.05, 3.63) is 108 Å². The summed E-state index contributed by atoms with van der Waals surface area (Å²) in [5.74, 6) is 1.86. The fourth-order valence-corrected chi connectivity index (χ4v) is 7.03. The normalized spacial score (nSPS) is 16.5. The van der Waals surface area contributed by atoms with Crippen LogP contribution in [0.25, 0.3) is 44.1 Å². The van der Waals surface area contributed by atoms with Crippen LogP contribution in [0.5, 0.6) is 0 Å². The first-order valence-corrected chi connectivity index (χ1v) is 18.0. The van der Waals surface area contributed by atoms with E-state index in [0.717, 1.165) is 106 Å². The molecule has 14 heteroatoms. The largest absolute Gasteiger partial charge is 0.391 e.